The molecule has 0 aromatic carbocycles. The van der Waals surface area contributed by atoms with Crippen molar-refractivity contribution >= 4 is 5.97 Å². The maximum atomic E-state index is 10.9. The Morgan fingerprint density at radius 3 is 2.88 bits per heavy atom. The molecule has 0 aliphatic carbocycles. The predicted octanol–water partition coefficient (Wildman–Crippen LogP) is 1.81. The first-order chi connectivity index (χ1) is 7.72. The van der Waals surface area contributed by atoms with Gasteiger partial charge in [-0.25, -0.2) is 0 Å². The molecule has 0 spiro atoms. The molecule has 0 bridgehead atoms. The Balaban J connectivity index is 3.52. The van der Waals surface area contributed by atoms with Gasteiger partial charge in [0.25, 0.3) is 0 Å². The van der Waals surface area contributed by atoms with E-state index in [4.69, 9.17) is 9.84 Å². The van der Waals surface area contributed by atoms with Gasteiger partial charge in [0.1, 0.15) is 6.04 Å². The highest BCUT2D eigenvalue weighted by molar-refractivity contribution is 5.73. The molecular weight excluding hydrogens is 206 g/mol. The number of ether oxygens (including phenoxy) is 1. The van der Waals surface area contributed by atoms with E-state index in [1.807, 2.05) is 0 Å². The maximum Gasteiger partial charge on any atom is 0.320 e. The number of aliphatic carboxylic acids is 1. The van der Waals surface area contributed by atoms with Gasteiger partial charge in [-0.2, -0.15) is 0 Å². The highest BCUT2D eigenvalue weighted by Crippen LogP contribution is 2.00. The summed E-state index contributed by atoms with van der Waals surface area (Å²) in [6.45, 7) is 7.42. The molecule has 16 heavy (non-hydrogen) atoms. The van der Waals surface area contributed by atoms with Crippen LogP contribution in [-0.4, -0.2) is 36.9 Å². The van der Waals surface area contributed by atoms with Gasteiger partial charge in [-0.3, -0.25) is 4.79 Å². The lowest BCUT2D eigenvalue weighted by molar-refractivity contribution is -0.139. The Labute approximate surface area is 97.7 Å². The van der Waals surface area contributed by atoms with Crippen LogP contribution in [0, 0.1) is 0 Å². The van der Waals surface area contributed by atoms with E-state index in [9.17, 15) is 4.79 Å². The molecule has 0 rings (SSSR count). The fourth-order valence-corrected chi connectivity index (χ4v) is 1.30. The number of hydrogen-bond donors (Lipinski definition) is 2. The van der Waals surface area contributed by atoms with Crippen LogP contribution in [0.2, 0.25) is 0 Å². The summed E-state index contributed by atoms with van der Waals surface area (Å²) < 4.78 is 5.28. The summed E-state index contributed by atoms with van der Waals surface area (Å²) in [6, 6.07) is -0.442. The quantitative estimate of drug-likeness (QED) is 0.419. The van der Waals surface area contributed by atoms with Crippen LogP contribution in [-0.2, 0) is 9.53 Å². The number of nitrogens with one attached hydrogen (secondary N) is 1. The van der Waals surface area contributed by atoms with Crippen LogP contribution in [0.3, 0.4) is 0 Å². The molecule has 0 aliphatic heterocycles. The average Bonchev–Trinajstić information content (AvgIpc) is 2.26. The molecule has 2 N–H and O–H groups in total. The Bertz CT molecular complexity index is 195. The number of carbonyl (C=O) groups is 1. The lowest BCUT2D eigenvalue weighted by atomic mass is 10.1. The van der Waals surface area contributed by atoms with Gasteiger partial charge in [0.2, 0.25) is 0 Å². The molecule has 0 radical (unpaired) electrons. The van der Waals surface area contributed by atoms with Crippen molar-refractivity contribution in [1.82, 2.24) is 5.32 Å². The lowest BCUT2D eigenvalue weighted by Crippen LogP contribution is -2.38. The van der Waals surface area contributed by atoms with E-state index in [0.717, 1.165) is 19.3 Å². The zero-order valence-electron chi connectivity index (χ0n) is 10.1. The Kier molecular flexibility index (Phi) is 10.1. The topological polar surface area (TPSA) is 58.6 Å². The highest BCUT2D eigenvalue weighted by atomic mass is 16.5. The van der Waals surface area contributed by atoms with Crippen molar-refractivity contribution in [2.24, 2.45) is 0 Å². The first kappa shape index (κ1) is 15.1. The average molecular weight is 229 g/mol. The van der Waals surface area contributed by atoms with Crippen molar-refractivity contribution in [3.05, 3.63) is 12.7 Å². The van der Waals surface area contributed by atoms with E-state index < -0.39 is 12.0 Å². The third kappa shape index (κ3) is 8.44. The van der Waals surface area contributed by atoms with E-state index in [2.05, 4.69) is 18.8 Å². The molecule has 0 aromatic heterocycles. The number of carboxylic acid groups (broad SMARTS) is 1. The van der Waals surface area contributed by atoms with Crippen LogP contribution in [0.25, 0.3) is 0 Å². The predicted molar refractivity (Wildman–Crippen MR) is 64.6 cm³/mol. The van der Waals surface area contributed by atoms with Gasteiger partial charge in [-0.15, -0.1) is 6.58 Å². The molecule has 0 fully saturated rings. The zero-order valence-corrected chi connectivity index (χ0v) is 10.1. The van der Waals surface area contributed by atoms with E-state index in [0.29, 0.717) is 26.2 Å². The Morgan fingerprint density at radius 2 is 2.31 bits per heavy atom. The summed E-state index contributed by atoms with van der Waals surface area (Å²) in [5.74, 6) is -0.778. The Morgan fingerprint density at radius 1 is 1.56 bits per heavy atom. The molecule has 4 heteroatoms. The molecule has 1 unspecified atom stereocenters. The van der Waals surface area contributed by atoms with Crippen LogP contribution in [0.4, 0.5) is 0 Å². The van der Waals surface area contributed by atoms with Gasteiger partial charge < -0.3 is 15.2 Å². The largest absolute Gasteiger partial charge is 0.480 e. The summed E-state index contributed by atoms with van der Waals surface area (Å²) in [7, 11) is 0. The summed E-state index contributed by atoms with van der Waals surface area (Å²) in [5.41, 5.74) is 0. The number of unbranched alkanes of at least 4 members (excludes halogenated alkanes) is 1. The van der Waals surface area contributed by atoms with E-state index in [1.165, 1.54) is 0 Å². The summed E-state index contributed by atoms with van der Waals surface area (Å²) >= 11 is 0. The highest BCUT2D eigenvalue weighted by Gasteiger charge is 2.14. The van der Waals surface area contributed by atoms with Crippen molar-refractivity contribution in [3.8, 4) is 0 Å². The van der Waals surface area contributed by atoms with Crippen molar-refractivity contribution in [2.75, 3.05) is 19.8 Å². The molecule has 0 aliphatic rings. The van der Waals surface area contributed by atoms with Crippen molar-refractivity contribution < 1.29 is 14.6 Å². The fourth-order valence-electron chi connectivity index (χ4n) is 1.30. The summed E-state index contributed by atoms with van der Waals surface area (Å²) in [6.07, 6.45) is 5.26. The molecule has 0 saturated carbocycles. The van der Waals surface area contributed by atoms with Crippen LogP contribution in [0.1, 0.15) is 32.6 Å². The molecule has 94 valence electrons. The monoisotopic (exact) mass is 229 g/mol. The molecule has 0 heterocycles. The third-order valence-electron chi connectivity index (χ3n) is 2.25. The molecule has 4 nitrogen and oxygen atoms in total. The minimum Gasteiger partial charge on any atom is -0.480 e. The van der Waals surface area contributed by atoms with Gasteiger partial charge in [0.05, 0.1) is 13.2 Å². The molecule has 0 amide bonds. The maximum absolute atomic E-state index is 10.9. The van der Waals surface area contributed by atoms with Gasteiger partial charge in [-0.05, 0) is 12.8 Å². The lowest BCUT2D eigenvalue weighted by Gasteiger charge is -2.13. The van der Waals surface area contributed by atoms with Crippen LogP contribution in [0.5, 0.6) is 0 Å². The number of hydrogen-bond acceptors (Lipinski definition) is 3. The second-order valence-electron chi connectivity index (χ2n) is 3.68. The molecule has 0 saturated heterocycles. The standard InChI is InChI=1S/C12H23NO3/c1-3-5-7-11(12(14)15)13-8-10-16-9-6-4-2/h4,11,13H,2-3,5-10H2,1H3,(H,14,15). The SMILES string of the molecule is C=CCCOCCNC(CCCC)C(=O)O. The molecule has 0 aromatic rings. The van der Waals surface area contributed by atoms with E-state index in [-0.39, 0.29) is 0 Å². The van der Waals surface area contributed by atoms with Crippen LogP contribution in [0.15, 0.2) is 12.7 Å². The van der Waals surface area contributed by atoms with Crippen LogP contribution < -0.4 is 5.32 Å². The normalized spacial score (nSPS) is 12.3. The van der Waals surface area contributed by atoms with Gasteiger partial charge >= 0.3 is 5.97 Å². The zero-order chi connectivity index (χ0) is 12.2. The summed E-state index contributed by atoms with van der Waals surface area (Å²) in [4.78, 5) is 10.9. The van der Waals surface area contributed by atoms with E-state index in [1.54, 1.807) is 6.08 Å². The number of rotatable bonds is 11. The first-order valence-corrected chi connectivity index (χ1v) is 5.87. The van der Waals surface area contributed by atoms with Gasteiger partial charge in [0, 0.05) is 6.54 Å². The van der Waals surface area contributed by atoms with Gasteiger partial charge in [-0.1, -0.05) is 25.8 Å². The van der Waals surface area contributed by atoms with Crippen molar-refractivity contribution in [2.45, 2.75) is 38.6 Å². The van der Waals surface area contributed by atoms with Crippen LogP contribution >= 0.6 is 0 Å². The molecule has 1 atom stereocenters. The first-order valence-electron chi connectivity index (χ1n) is 5.87. The van der Waals surface area contributed by atoms with Crippen molar-refractivity contribution in [3.63, 3.8) is 0 Å². The Hall–Kier alpha value is -0.870. The minimum absolute atomic E-state index is 0.442. The molecular formula is C12H23NO3. The number of carboxylic acids is 1. The minimum atomic E-state index is -0.778. The van der Waals surface area contributed by atoms with Crippen molar-refractivity contribution in [1.29, 1.82) is 0 Å². The van der Waals surface area contributed by atoms with Gasteiger partial charge in [0.15, 0.2) is 0 Å². The fraction of sp³-hybridized carbons (Fsp3) is 0.750. The second kappa shape index (κ2) is 10.6. The smallest absolute Gasteiger partial charge is 0.320 e. The summed E-state index contributed by atoms with van der Waals surface area (Å²) in [5, 5.41) is 11.9. The third-order valence-corrected chi connectivity index (χ3v) is 2.25. The van der Waals surface area contributed by atoms with E-state index >= 15 is 0 Å². The second-order valence-corrected chi connectivity index (χ2v) is 3.68.